The van der Waals surface area contributed by atoms with Crippen LogP contribution in [0.4, 0.5) is 5.82 Å². The number of aromatic nitrogens is 1. The molecule has 1 amide bonds. The lowest BCUT2D eigenvalue weighted by atomic mass is 10.0. The van der Waals surface area contributed by atoms with E-state index in [9.17, 15) is 4.79 Å². The van der Waals surface area contributed by atoms with Crippen molar-refractivity contribution in [2.45, 2.75) is 38.1 Å². The van der Waals surface area contributed by atoms with E-state index >= 15 is 0 Å². The summed E-state index contributed by atoms with van der Waals surface area (Å²) in [6, 6.07) is 4.36. The highest BCUT2D eigenvalue weighted by atomic mass is 16.1. The van der Waals surface area contributed by atoms with Crippen LogP contribution in [0.1, 0.15) is 43.7 Å². The highest BCUT2D eigenvalue weighted by Gasteiger charge is 2.28. The molecule has 0 spiro atoms. The minimum absolute atomic E-state index is 0.225. The Morgan fingerprint density at radius 3 is 2.79 bits per heavy atom. The summed E-state index contributed by atoms with van der Waals surface area (Å²) in [4.78, 5) is 20.1. The third-order valence-corrected chi connectivity index (χ3v) is 4.26. The monoisotopic (exact) mass is 259 g/mol. The Kier molecular flexibility index (Phi) is 3.67. The summed E-state index contributed by atoms with van der Waals surface area (Å²) in [5, 5.41) is 0. The number of likely N-dealkylation sites (tertiary alicyclic amines) is 1. The van der Waals surface area contributed by atoms with Crippen LogP contribution >= 0.6 is 0 Å². The number of hydrogen-bond donors (Lipinski definition) is 0. The maximum atomic E-state index is 11.2. The van der Waals surface area contributed by atoms with Crippen molar-refractivity contribution in [1.82, 2.24) is 9.88 Å². The van der Waals surface area contributed by atoms with Crippen LogP contribution in [0, 0.1) is 0 Å². The van der Waals surface area contributed by atoms with Crippen molar-refractivity contribution in [3.8, 4) is 0 Å². The van der Waals surface area contributed by atoms with Crippen LogP contribution in [0.2, 0.25) is 0 Å². The molecule has 3 heterocycles. The molecule has 2 fully saturated rings. The smallest absolute Gasteiger partial charge is 0.210 e. The Balaban J connectivity index is 1.90. The summed E-state index contributed by atoms with van der Waals surface area (Å²) in [5.41, 5.74) is 1.23. The molecule has 1 aromatic heterocycles. The zero-order valence-corrected chi connectivity index (χ0v) is 11.3. The average molecular weight is 259 g/mol. The van der Waals surface area contributed by atoms with Gasteiger partial charge in [0, 0.05) is 31.4 Å². The number of pyridine rings is 1. The predicted molar refractivity (Wildman–Crippen MR) is 75.0 cm³/mol. The maximum Gasteiger partial charge on any atom is 0.210 e. The van der Waals surface area contributed by atoms with E-state index in [1.54, 1.807) is 0 Å². The topological polar surface area (TPSA) is 36.4 Å². The van der Waals surface area contributed by atoms with Crippen molar-refractivity contribution in [2.24, 2.45) is 0 Å². The summed E-state index contributed by atoms with van der Waals surface area (Å²) in [7, 11) is 0. The molecule has 2 saturated heterocycles. The van der Waals surface area contributed by atoms with Gasteiger partial charge in [-0.05, 0) is 38.2 Å². The maximum absolute atomic E-state index is 11.2. The Hall–Kier alpha value is -1.58. The highest BCUT2D eigenvalue weighted by Crippen LogP contribution is 2.35. The quantitative estimate of drug-likeness (QED) is 0.782. The van der Waals surface area contributed by atoms with Crippen LogP contribution in [-0.2, 0) is 4.79 Å². The lowest BCUT2D eigenvalue weighted by molar-refractivity contribution is -0.118. The number of piperidine rings is 1. The normalized spacial score (nSPS) is 23.7. The van der Waals surface area contributed by atoms with E-state index in [4.69, 9.17) is 0 Å². The molecule has 2 aliphatic heterocycles. The van der Waals surface area contributed by atoms with Crippen molar-refractivity contribution < 1.29 is 4.79 Å². The summed E-state index contributed by atoms with van der Waals surface area (Å²) in [6.45, 7) is 3.07. The average Bonchev–Trinajstić information content (AvgIpc) is 2.96. The van der Waals surface area contributed by atoms with E-state index in [0.29, 0.717) is 0 Å². The summed E-state index contributed by atoms with van der Waals surface area (Å²) in [5.74, 6) is 1.10. The number of hydrogen-bond acceptors (Lipinski definition) is 3. The number of anilines is 1. The number of amides is 1. The van der Waals surface area contributed by atoms with Crippen LogP contribution < -0.4 is 4.90 Å². The SMILES string of the molecule is O=CN1CCC[C@@H]1c1cccnc1N1CCCCC1. The van der Waals surface area contributed by atoms with Gasteiger partial charge < -0.3 is 9.80 Å². The van der Waals surface area contributed by atoms with Crippen LogP contribution in [0.3, 0.4) is 0 Å². The van der Waals surface area contributed by atoms with Gasteiger partial charge in [-0.1, -0.05) is 6.07 Å². The summed E-state index contributed by atoms with van der Waals surface area (Å²) >= 11 is 0. The van der Waals surface area contributed by atoms with Gasteiger partial charge in [0.05, 0.1) is 6.04 Å². The van der Waals surface area contributed by atoms with E-state index in [2.05, 4.69) is 16.0 Å². The van der Waals surface area contributed by atoms with E-state index in [0.717, 1.165) is 44.7 Å². The Morgan fingerprint density at radius 1 is 1.16 bits per heavy atom. The molecular weight excluding hydrogens is 238 g/mol. The van der Waals surface area contributed by atoms with Crippen LogP contribution in [-0.4, -0.2) is 35.9 Å². The Morgan fingerprint density at radius 2 is 2.00 bits per heavy atom. The largest absolute Gasteiger partial charge is 0.356 e. The van der Waals surface area contributed by atoms with E-state index in [-0.39, 0.29) is 6.04 Å². The van der Waals surface area contributed by atoms with Crippen molar-refractivity contribution in [3.63, 3.8) is 0 Å². The lowest BCUT2D eigenvalue weighted by Gasteiger charge is -2.31. The minimum atomic E-state index is 0.225. The molecule has 0 aliphatic carbocycles. The second-order valence-corrected chi connectivity index (χ2v) is 5.47. The van der Waals surface area contributed by atoms with E-state index < -0.39 is 0 Å². The Bertz CT molecular complexity index is 443. The van der Waals surface area contributed by atoms with Crippen LogP contribution in [0.15, 0.2) is 18.3 Å². The molecule has 1 atom stereocenters. The summed E-state index contributed by atoms with van der Waals surface area (Å²) in [6.07, 6.45) is 8.83. The van der Waals surface area contributed by atoms with Gasteiger partial charge in [-0.2, -0.15) is 0 Å². The number of carbonyl (C=O) groups excluding carboxylic acids is 1. The Labute approximate surface area is 114 Å². The molecule has 0 aromatic carbocycles. The van der Waals surface area contributed by atoms with Crippen molar-refractivity contribution in [1.29, 1.82) is 0 Å². The van der Waals surface area contributed by atoms with Gasteiger partial charge in [0.25, 0.3) is 0 Å². The van der Waals surface area contributed by atoms with Gasteiger partial charge in [-0.3, -0.25) is 4.79 Å². The van der Waals surface area contributed by atoms with Crippen molar-refractivity contribution in [2.75, 3.05) is 24.5 Å². The predicted octanol–water partition coefficient (Wildman–Crippen LogP) is 2.37. The van der Waals surface area contributed by atoms with E-state index in [1.165, 1.54) is 24.8 Å². The van der Waals surface area contributed by atoms with Gasteiger partial charge in [0.15, 0.2) is 0 Å². The molecule has 4 nitrogen and oxygen atoms in total. The molecule has 0 unspecified atom stereocenters. The molecule has 0 radical (unpaired) electrons. The molecule has 3 rings (SSSR count). The van der Waals surface area contributed by atoms with Gasteiger partial charge in [0.1, 0.15) is 5.82 Å². The first-order chi connectivity index (χ1) is 9.40. The number of carbonyl (C=O) groups is 1. The fourth-order valence-electron chi connectivity index (χ4n) is 3.29. The molecule has 102 valence electrons. The van der Waals surface area contributed by atoms with Crippen molar-refractivity contribution >= 4 is 12.2 Å². The fraction of sp³-hybridized carbons (Fsp3) is 0.600. The zero-order chi connectivity index (χ0) is 13.1. The van der Waals surface area contributed by atoms with Crippen molar-refractivity contribution in [3.05, 3.63) is 23.9 Å². The minimum Gasteiger partial charge on any atom is -0.356 e. The number of nitrogens with zero attached hydrogens (tertiary/aromatic N) is 3. The second-order valence-electron chi connectivity index (χ2n) is 5.47. The van der Waals surface area contributed by atoms with E-state index in [1.807, 2.05) is 17.2 Å². The second kappa shape index (κ2) is 5.59. The molecule has 0 N–H and O–H groups in total. The van der Waals surface area contributed by atoms with Crippen LogP contribution in [0.5, 0.6) is 0 Å². The van der Waals surface area contributed by atoms with Gasteiger partial charge in [-0.15, -0.1) is 0 Å². The lowest BCUT2D eigenvalue weighted by Crippen LogP contribution is -2.32. The standard InChI is InChI=1S/C15H21N3O/c19-12-18-11-5-7-14(18)13-6-4-8-16-15(13)17-9-2-1-3-10-17/h4,6,8,12,14H,1-3,5,7,9-11H2/t14-/m1/s1. The zero-order valence-electron chi connectivity index (χ0n) is 11.3. The van der Waals surface area contributed by atoms with Crippen LogP contribution in [0.25, 0.3) is 0 Å². The molecular formula is C15H21N3O. The third kappa shape index (κ3) is 2.44. The highest BCUT2D eigenvalue weighted by molar-refractivity contribution is 5.54. The van der Waals surface area contributed by atoms with Gasteiger partial charge >= 0.3 is 0 Å². The molecule has 19 heavy (non-hydrogen) atoms. The molecule has 1 aromatic rings. The third-order valence-electron chi connectivity index (χ3n) is 4.26. The first-order valence-corrected chi connectivity index (χ1v) is 7.31. The van der Waals surface area contributed by atoms with Gasteiger partial charge in [-0.25, -0.2) is 4.98 Å². The first-order valence-electron chi connectivity index (χ1n) is 7.31. The molecule has 4 heteroatoms. The number of rotatable bonds is 3. The van der Waals surface area contributed by atoms with Gasteiger partial charge in [0.2, 0.25) is 6.41 Å². The first kappa shape index (κ1) is 12.5. The molecule has 0 saturated carbocycles. The molecule has 0 bridgehead atoms. The molecule has 2 aliphatic rings. The fourth-order valence-corrected chi connectivity index (χ4v) is 3.29. The summed E-state index contributed by atoms with van der Waals surface area (Å²) < 4.78 is 0.